The van der Waals surface area contributed by atoms with Crippen LogP contribution in [0.25, 0.3) is 98.7 Å². The summed E-state index contributed by atoms with van der Waals surface area (Å²) in [5, 5.41) is 9.64. The predicted octanol–water partition coefficient (Wildman–Crippen LogP) is 18.2. The molecule has 0 aliphatic rings. The summed E-state index contributed by atoms with van der Waals surface area (Å²) in [4.78, 5) is 2.35. The maximum atomic E-state index is 15.5. The molecule has 0 aliphatic carbocycles. The molecule has 12 aromatic rings. The lowest BCUT2D eigenvalue weighted by molar-refractivity contribution is 0.631. The number of anilines is 3. The molecule has 12 rings (SSSR count). The van der Waals surface area contributed by atoms with Crippen LogP contribution in [0.5, 0.6) is 0 Å². The van der Waals surface area contributed by atoms with E-state index in [-0.39, 0.29) is 5.82 Å². The van der Waals surface area contributed by atoms with Gasteiger partial charge in [-0.2, -0.15) is 0 Å². The van der Waals surface area contributed by atoms with Crippen LogP contribution >= 0.6 is 0 Å². The summed E-state index contributed by atoms with van der Waals surface area (Å²) in [6, 6.07) is 89.8. The molecule has 0 saturated heterocycles. The number of nitrogens with zero attached hydrogens (tertiary/aromatic N) is 1. The first kappa shape index (κ1) is 39.0. The third-order valence-corrected chi connectivity index (χ3v) is 13.1. The summed E-state index contributed by atoms with van der Waals surface area (Å²) in [6.07, 6.45) is 0. The first-order valence-corrected chi connectivity index (χ1v) is 22.5. The standard InChI is InChI=1S/C64H42FN/c65-63-32-9-8-29-60(63)61-31-14-18-45-17-13-30-54(64(45)61)50-22-12-24-53(41-50)66(51-36-33-44(34-37-51)47-20-10-19-46(39-47)43-15-2-1-3-16-43)52-23-11-21-48(40-52)49-35-38-59-57-27-5-4-25-55(57)56-26-6-7-28-58(56)62(59)42-49/h1-42H. The minimum atomic E-state index is -0.234. The highest BCUT2D eigenvalue weighted by Crippen LogP contribution is 2.43. The summed E-state index contributed by atoms with van der Waals surface area (Å²) in [5.41, 5.74) is 13.6. The van der Waals surface area contributed by atoms with Crippen LogP contribution < -0.4 is 4.90 Å². The molecule has 0 unspecified atom stereocenters. The van der Waals surface area contributed by atoms with Crippen molar-refractivity contribution in [1.82, 2.24) is 0 Å². The molecule has 2 heteroatoms. The second-order valence-electron chi connectivity index (χ2n) is 17.0. The molecule has 0 fully saturated rings. The fraction of sp³-hybridized carbons (Fsp3) is 0. The Morgan fingerprint density at radius 1 is 0.242 bits per heavy atom. The van der Waals surface area contributed by atoms with Gasteiger partial charge in [0, 0.05) is 22.6 Å². The van der Waals surface area contributed by atoms with Crippen LogP contribution in [0.1, 0.15) is 0 Å². The lowest BCUT2D eigenvalue weighted by atomic mass is 9.91. The van der Waals surface area contributed by atoms with Crippen molar-refractivity contribution in [3.63, 3.8) is 0 Å². The lowest BCUT2D eigenvalue weighted by Gasteiger charge is -2.27. The zero-order valence-electron chi connectivity index (χ0n) is 36.1. The molecule has 0 aliphatic heterocycles. The minimum absolute atomic E-state index is 0.234. The van der Waals surface area contributed by atoms with Gasteiger partial charge in [0.1, 0.15) is 5.82 Å². The van der Waals surface area contributed by atoms with Crippen LogP contribution in [0.3, 0.4) is 0 Å². The van der Waals surface area contributed by atoms with Gasteiger partial charge in [0.15, 0.2) is 0 Å². The van der Waals surface area contributed by atoms with E-state index < -0.39 is 0 Å². The monoisotopic (exact) mass is 843 g/mol. The quantitative estimate of drug-likeness (QED) is 0.138. The second-order valence-corrected chi connectivity index (χ2v) is 17.0. The molecule has 12 aromatic carbocycles. The van der Waals surface area contributed by atoms with Crippen molar-refractivity contribution >= 4 is 60.2 Å². The molecule has 0 radical (unpaired) electrons. The Bertz CT molecular complexity index is 3740. The van der Waals surface area contributed by atoms with Gasteiger partial charge in [0.05, 0.1) is 0 Å². The van der Waals surface area contributed by atoms with E-state index in [9.17, 15) is 0 Å². The van der Waals surface area contributed by atoms with E-state index in [1.54, 1.807) is 6.07 Å². The van der Waals surface area contributed by atoms with E-state index in [0.717, 1.165) is 66.8 Å². The van der Waals surface area contributed by atoms with Crippen LogP contribution in [0.4, 0.5) is 21.5 Å². The van der Waals surface area contributed by atoms with Gasteiger partial charge in [-0.15, -0.1) is 0 Å². The van der Waals surface area contributed by atoms with E-state index in [4.69, 9.17) is 0 Å². The molecule has 66 heavy (non-hydrogen) atoms. The fourth-order valence-electron chi connectivity index (χ4n) is 9.97. The van der Waals surface area contributed by atoms with Crippen molar-refractivity contribution in [3.05, 3.63) is 261 Å². The maximum Gasteiger partial charge on any atom is 0.131 e. The van der Waals surface area contributed by atoms with Crippen LogP contribution in [-0.2, 0) is 0 Å². The highest BCUT2D eigenvalue weighted by atomic mass is 19.1. The average molecular weight is 844 g/mol. The zero-order valence-corrected chi connectivity index (χ0v) is 36.1. The fourth-order valence-corrected chi connectivity index (χ4v) is 9.97. The van der Waals surface area contributed by atoms with Gasteiger partial charge >= 0.3 is 0 Å². The topological polar surface area (TPSA) is 3.24 Å². The summed E-state index contributed by atoms with van der Waals surface area (Å²) in [6.45, 7) is 0. The second kappa shape index (κ2) is 16.5. The SMILES string of the molecule is Fc1ccccc1-c1cccc2cccc(-c3cccc(N(c4ccc(-c5cccc(-c6ccccc6)c5)cc4)c4cccc(-c5ccc6c7ccccc7c7ccccc7c6c5)c4)c3)c12. The lowest BCUT2D eigenvalue weighted by Crippen LogP contribution is -2.10. The van der Waals surface area contributed by atoms with E-state index in [1.165, 1.54) is 49.5 Å². The molecule has 0 saturated carbocycles. The Kier molecular flexibility index (Phi) is 9.77. The molecule has 0 N–H and O–H groups in total. The van der Waals surface area contributed by atoms with Crippen molar-refractivity contribution in [2.45, 2.75) is 0 Å². The summed E-state index contributed by atoms with van der Waals surface area (Å²) in [5.74, 6) is -0.234. The Balaban J connectivity index is 1.01. The summed E-state index contributed by atoms with van der Waals surface area (Å²) < 4.78 is 15.5. The number of halogens is 1. The number of rotatable bonds is 8. The average Bonchev–Trinajstić information content (AvgIpc) is 3.39. The van der Waals surface area contributed by atoms with E-state index >= 15 is 4.39 Å². The van der Waals surface area contributed by atoms with Gasteiger partial charge < -0.3 is 4.90 Å². The molecule has 0 heterocycles. The molecule has 0 aromatic heterocycles. The highest BCUT2D eigenvalue weighted by molar-refractivity contribution is 6.25. The third kappa shape index (κ3) is 6.97. The number of hydrogen-bond acceptors (Lipinski definition) is 1. The van der Waals surface area contributed by atoms with Crippen molar-refractivity contribution in [2.24, 2.45) is 0 Å². The van der Waals surface area contributed by atoms with E-state index in [0.29, 0.717) is 5.56 Å². The Morgan fingerprint density at radius 3 is 1.35 bits per heavy atom. The molecule has 0 atom stereocenters. The van der Waals surface area contributed by atoms with Gasteiger partial charge in [-0.1, -0.05) is 200 Å². The molecular formula is C64H42FN. The molecule has 1 nitrogen and oxygen atoms in total. The number of hydrogen-bond donors (Lipinski definition) is 0. The normalized spacial score (nSPS) is 11.4. The zero-order chi connectivity index (χ0) is 44.0. The van der Waals surface area contributed by atoms with Gasteiger partial charge in [-0.3, -0.25) is 0 Å². The smallest absolute Gasteiger partial charge is 0.131 e. The Labute approximate surface area is 383 Å². The van der Waals surface area contributed by atoms with Gasteiger partial charge in [0.2, 0.25) is 0 Å². The minimum Gasteiger partial charge on any atom is -0.310 e. The molecule has 0 spiro atoms. The third-order valence-electron chi connectivity index (χ3n) is 13.1. The van der Waals surface area contributed by atoms with E-state index in [2.05, 4.69) is 223 Å². The van der Waals surface area contributed by atoms with Crippen LogP contribution in [0.15, 0.2) is 255 Å². The summed E-state index contributed by atoms with van der Waals surface area (Å²) in [7, 11) is 0. The Morgan fingerprint density at radius 2 is 0.682 bits per heavy atom. The number of benzene rings is 12. The summed E-state index contributed by atoms with van der Waals surface area (Å²) >= 11 is 0. The van der Waals surface area contributed by atoms with Gasteiger partial charge in [-0.25, -0.2) is 4.39 Å². The molecule has 310 valence electrons. The van der Waals surface area contributed by atoms with E-state index in [1.807, 2.05) is 24.3 Å². The van der Waals surface area contributed by atoms with Crippen LogP contribution in [0.2, 0.25) is 0 Å². The van der Waals surface area contributed by atoms with Crippen molar-refractivity contribution in [2.75, 3.05) is 4.90 Å². The molecule has 0 amide bonds. The Hall–Kier alpha value is -8.59. The van der Waals surface area contributed by atoms with Crippen molar-refractivity contribution in [3.8, 4) is 55.6 Å². The highest BCUT2D eigenvalue weighted by Gasteiger charge is 2.18. The predicted molar refractivity (Wildman–Crippen MR) is 278 cm³/mol. The van der Waals surface area contributed by atoms with Crippen molar-refractivity contribution in [1.29, 1.82) is 0 Å². The van der Waals surface area contributed by atoms with Crippen molar-refractivity contribution < 1.29 is 4.39 Å². The largest absolute Gasteiger partial charge is 0.310 e. The first-order chi connectivity index (χ1) is 32.6. The maximum absolute atomic E-state index is 15.5. The number of fused-ring (bicyclic) bond motifs is 7. The van der Waals surface area contributed by atoms with Crippen LogP contribution in [0, 0.1) is 5.82 Å². The first-order valence-electron chi connectivity index (χ1n) is 22.5. The van der Waals surface area contributed by atoms with Crippen LogP contribution in [-0.4, -0.2) is 0 Å². The molecular weight excluding hydrogens is 802 g/mol. The van der Waals surface area contributed by atoms with Gasteiger partial charge in [-0.05, 0) is 148 Å². The molecule has 0 bridgehead atoms. The van der Waals surface area contributed by atoms with Gasteiger partial charge in [0.25, 0.3) is 0 Å².